The van der Waals surface area contributed by atoms with Gasteiger partial charge in [-0.1, -0.05) is 30.3 Å². The van der Waals surface area contributed by atoms with Crippen molar-refractivity contribution in [2.45, 2.75) is 32.1 Å². The average molecular weight is 338 g/mol. The number of likely N-dealkylation sites (tertiary alicyclic amines) is 1. The number of benzene rings is 1. The molecule has 1 aromatic heterocycles. The van der Waals surface area contributed by atoms with Crippen LogP contribution in [0, 0.1) is 5.92 Å². The van der Waals surface area contributed by atoms with Crippen LogP contribution >= 0.6 is 0 Å². The predicted octanol–water partition coefficient (Wildman–Crippen LogP) is 3.89. The standard InChI is InChI=1S/C21H26N2O2/c1-17(19-6-3-2-4-7-19)21(24)23-13-9-18(10-14-23)11-15-25-20-8-5-12-22-16-20/h2-8,12,16-18H,9-11,13-15H2,1H3. The smallest absolute Gasteiger partial charge is 0.229 e. The van der Waals surface area contributed by atoms with Gasteiger partial charge >= 0.3 is 0 Å². The van der Waals surface area contributed by atoms with E-state index in [9.17, 15) is 4.79 Å². The highest BCUT2D eigenvalue weighted by Gasteiger charge is 2.26. The Balaban J connectivity index is 1.41. The van der Waals surface area contributed by atoms with E-state index in [4.69, 9.17) is 4.74 Å². The molecule has 1 aliphatic rings. The predicted molar refractivity (Wildman–Crippen MR) is 98.5 cm³/mol. The number of rotatable bonds is 6. The SMILES string of the molecule is CC(C(=O)N1CCC(CCOc2cccnc2)CC1)c1ccccc1. The van der Waals surface area contributed by atoms with Crippen LogP contribution in [0.4, 0.5) is 0 Å². The first kappa shape index (κ1) is 17.5. The van der Waals surface area contributed by atoms with Crippen LogP contribution in [-0.2, 0) is 4.79 Å². The minimum atomic E-state index is -0.0633. The maximum atomic E-state index is 12.7. The molecule has 132 valence electrons. The van der Waals surface area contributed by atoms with E-state index in [1.165, 1.54) is 0 Å². The monoisotopic (exact) mass is 338 g/mol. The van der Waals surface area contributed by atoms with Crippen LogP contribution in [0.5, 0.6) is 5.75 Å². The van der Waals surface area contributed by atoms with E-state index in [1.54, 1.807) is 12.4 Å². The second kappa shape index (κ2) is 8.65. The van der Waals surface area contributed by atoms with Gasteiger partial charge in [-0.15, -0.1) is 0 Å². The summed E-state index contributed by atoms with van der Waals surface area (Å²) in [5.41, 5.74) is 1.10. The van der Waals surface area contributed by atoms with Gasteiger partial charge in [0.25, 0.3) is 0 Å². The van der Waals surface area contributed by atoms with E-state index in [2.05, 4.69) is 4.98 Å². The summed E-state index contributed by atoms with van der Waals surface area (Å²) in [5.74, 6) is 1.64. The van der Waals surface area contributed by atoms with Crippen LogP contribution in [-0.4, -0.2) is 35.5 Å². The molecule has 1 amide bonds. The van der Waals surface area contributed by atoms with Gasteiger partial charge in [-0.25, -0.2) is 0 Å². The second-order valence-corrected chi connectivity index (χ2v) is 6.73. The maximum Gasteiger partial charge on any atom is 0.229 e. The molecule has 0 bridgehead atoms. The van der Waals surface area contributed by atoms with Gasteiger partial charge in [0.2, 0.25) is 5.91 Å². The third-order valence-corrected chi connectivity index (χ3v) is 5.03. The Morgan fingerprint density at radius 1 is 1.20 bits per heavy atom. The highest BCUT2D eigenvalue weighted by molar-refractivity contribution is 5.83. The van der Waals surface area contributed by atoms with Gasteiger partial charge < -0.3 is 9.64 Å². The van der Waals surface area contributed by atoms with Crippen molar-refractivity contribution in [3.8, 4) is 5.75 Å². The molecule has 2 heterocycles. The van der Waals surface area contributed by atoms with E-state index < -0.39 is 0 Å². The molecule has 2 aromatic rings. The number of piperidine rings is 1. The first-order valence-corrected chi connectivity index (χ1v) is 9.10. The largest absolute Gasteiger partial charge is 0.492 e. The lowest BCUT2D eigenvalue weighted by molar-refractivity contribution is -0.133. The third-order valence-electron chi connectivity index (χ3n) is 5.03. The Bertz CT molecular complexity index is 652. The molecule has 1 atom stereocenters. The lowest BCUT2D eigenvalue weighted by atomic mass is 9.92. The molecular formula is C21H26N2O2. The van der Waals surface area contributed by atoms with Gasteiger partial charge in [0, 0.05) is 19.3 Å². The fourth-order valence-corrected chi connectivity index (χ4v) is 3.38. The first-order valence-electron chi connectivity index (χ1n) is 9.10. The van der Waals surface area contributed by atoms with E-state index in [0.717, 1.165) is 43.7 Å². The topological polar surface area (TPSA) is 42.4 Å². The number of hydrogen-bond donors (Lipinski definition) is 0. The molecule has 4 heteroatoms. The summed E-state index contributed by atoms with van der Waals surface area (Å²) in [6, 6.07) is 13.9. The molecule has 1 aromatic carbocycles. The summed E-state index contributed by atoms with van der Waals surface area (Å²) >= 11 is 0. The van der Waals surface area contributed by atoms with Crippen molar-refractivity contribution in [1.29, 1.82) is 0 Å². The molecule has 1 aliphatic heterocycles. The maximum absolute atomic E-state index is 12.7. The van der Waals surface area contributed by atoms with Gasteiger partial charge in [-0.3, -0.25) is 9.78 Å². The highest BCUT2D eigenvalue weighted by Crippen LogP contribution is 2.25. The summed E-state index contributed by atoms with van der Waals surface area (Å²) in [7, 11) is 0. The molecule has 1 unspecified atom stereocenters. The zero-order valence-electron chi connectivity index (χ0n) is 14.8. The zero-order chi connectivity index (χ0) is 17.5. The van der Waals surface area contributed by atoms with Gasteiger partial charge in [0.05, 0.1) is 18.7 Å². The Kier molecular flexibility index (Phi) is 6.04. The molecule has 3 rings (SSSR count). The number of pyridine rings is 1. The number of ether oxygens (including phenoxy) is 1. The van der Waals surface area contributed by atoms with Gasteiger partial charge in [0.1, 0.15) is 5.75 Å². The van der Waals surface area contributed by atoms with Crippen molar-refractivity contribution >= 4 is 5.91 Å². The van der Waals surface area contributed by atoms with Crippen molar-refractivity contribution < 1.29 is 9.53 Å². The van der Waals surface area contributed by atoms with Gasteiger partial charge in [0.15, 0.2) is 0 Å². The van der Waals surface area contributed by atoms with E-state index in [-0.39, 0.29) is 11.8 Å². The normalized spacial score (nSPS) is 16.4. The fourth-order valence-electron chi connectivity index (χ4n) is 3.38. The number of nitrogens with zero attached hydrogens (tertiary/aromatic N) is 2. The van der Waals surface area contributed by atoms with Crippen molar-refractivity contribution in [2.75, 3.05) is 19.7 Å². The van der Waals surface area contributed by atoms with Crippen LogP contribution < -0.4 is 4.74 Å². The number of amides is 1. The summed E-state index contributed by atoms with van der Waals surface area (Å²) in [5, 5.41) is 0. The third kappa shape index (κ3) is 4.81. The fraction of sp³-hybridized carbons (Fsp3) is 0.429. The summed E-state index contributed by atoms with van der Waals surface area (Å²) < 4.78 is 5.74. The zero-order valence-corrected chi connectivity index (χ0v) is 14.8. The van der Waals surface area contributed by atoms with Gasteiger partial charge in [-0.05, 0) is 49.8 Å². The average Bonchev–Trinajstić information content (AvgIpc) is 2.69. The summed E-state index contributed by atoms with van der Waals surface area (Å²) in [4.78, 5) is 18.8. The molecule has 0 N–H and O–H groups in total. The summed E-state index contributed by atoms with van der Waals surface area (Å²) in [6.45, 7) is 4.43. The van der Waals surface area contributed by atoms with Crippen molar-refractivity contribution in [2.24, 2.45) is 5.92 Å². The molecular weight excluding hydrogens is 312 g/mol. The lowest BCUT2D eigenvalue weighted by Gasteiger charge is -2.33. The van der Waals surface area contributed by atoms with E-state index in [0.29, 0.717) is 12.5 Å². The Morgan fingerprint density at radius 2 is 1.96 bits per heavy atom. The summed E-state index contributed by atoms with van der Waals surface area (Å²) in [6.07, 6.45) is 6.64. The Hall–Kier alpha value is -2.36. The number of hydrogen-bond acceptors (Lipinski definition) is 3. The number of carbonyl (C=O) groups excluding carboxylic acids is 1. The molecule has 0 spiro atoms. The molecule has 1 fully saturated rings. The van der Waals surface area contributed by atoms with Crippen molar-refractivity contribution in [3.05, 3.63) is 60.4 Å². The molecule has 0 saturated carbocycles. The molecule has 0 aliphatic carbocycles. The number of carbonyl (C=O) groups is 1. The van der Waals surface area contributed by atoms with Crippen LogP contribution in [0.3, 0.4) is 0 Å². The molecule has 0 radical (unpaired) electrons. The molecule has 1 saturated heterocycles. The Morgan fingerprint density at radius 3 is 2.64 bits per heavy atom. The van der Waals surface area contributed by atoms with Crippen LogP contribution in [0.15, 0.2) is 54.9 Å². The molecule has 4 nitrogen and oxygen atoms in total. The quantitative estimate of drug-likeness (QED) is 0.802. The first-order chi connectivity index (χ1) is 12.2. The van der Waals surface area contributed by atoms with Gasteiger partial charge in [-0.2, -0.15) is 0 Å². The number of aromatic nitrogens is 1. The van der Waals surface area contributed by atoms with E-state index >= 15 is 0 Å². The van der Waals surface area contributed by atoms with Crippen LogP contribution in [0.1, 0.15) is 37.7 Å². The minimum Gasteiger partial charge on any atom is -0.492 e. The van der Waals surface area contributed by atoms with Crippen LogP contribution in [0.25, 0.3) is 0 Å². The molecule has 25 heavy (non-hydrogen) atoms. The second-order valence-electron chi connectivity index (χ2n) is 6.73. The van der Waals surface area contributed by atoms with Crippen molar-refractivity contribution in [1.82, 2.24) is 9.88 Å². The van der Waals surface area contributed by atoms with Crippen molar-refractivity contribution in [3.63, 3.8) is 0 Å². The highest BCUT2D eigenvalue weighted by atomic mass is 16.5. The minimum absolute atomic E-state index is 0.0633. The Labute approximate surface area is 149 Å². The van der Waals surface area contributed by atoms with Crippen LogP contribution in [0.2, 0.25) is 0 Å². The van der Waals surface area contributed by atoms with E-state index in [1.807, 2.05) is 54.3 Å². The lowest BCUT2D eigenvalue weighted by Crippen LogP contribution is -2.40.